The van der Waals surface area contributed by atoms with Crippen molar-refractivity contribution in [2.45, 2.75) is 82.0 Å². The van der Waals surface area contributed by atoms with Crippen molar-refractivity contribution < 1.29 is 14.6 Å². The largest absolute Gasteiger partial charge is 0.485 e. The van der Waals surface area contributed by atoms with Crippen molar-refractivity contribution in [2.24, 2.45) is 10.9 Å². The van der Waals surface area contributed by atoms with Gasteiger partial charge in [-0.1, -0.05) is 25.0 Å². The van der Waals surface area contributed by atoms with Gasteiger partial charge in [0.05, 0.1) is 12.3 Å². The van der Waals surface area contributed by atoms with E-state index < -0.39 is 6.35 Å². The fourth-order valence-electron chi connectivity index (χ4n) is 6.12. The van der Waals surface area contributed by atoms with E-state index in [2.05, 4.69) is 41.0 Å². The summed E-state index contributed by atoms with van der Waals surface area (Å²) in [6.07, 6.45) is 14.5. The average Bonchev–Trinajstić information content (AvgIpc) is 3.19. The number of ether oxygens (including phenoxy) is 2. The minimum Gasteiger partial charge on any atom is -0.485 e. The molecule has 1 aromatic rings. The second-order valence-corrected chi connectivity index (χ2v) is 9.82. The van der Waals surface area contributed by atoms with Crippen LogP contribution >= 0.6 is 0 Å². The van der Waals surface area contributed by atoms with E-state index in [0.717, 1.165) is 63.0 Å². The summed E-state index contributed by atoms with van der Waals surface area (Å²) < 4.78 is 12.0. The number of hydrogen-bond donors (Lipinski definition) is 3. The lowest BCUT2D eigenvalue weighted by Crippen LogP contribution is -2.60. The molecule has 3 N–H and O–H groups in total. The maximum atomic E-state index is 10.6. The van der Waals surface area contributed by atoms with Crippen LogP contribution in [0.1, 0.15) is 67.6 Å². The third-order valence-corrected chi connectivity index (χ3v) is 7.90. The lowest BCUT2D eigenvalue weighted by atomic mass is 9.81. The van der Waals surface area contributed by atoms with Crippen molar-refractivity contribution in [1.82, 2.24) is 10.6 Å². The molecule has 6 heteroatoms. The lowest BCUT2D eigenvalue weighted by Gasteiger charge is -2.40. The molecule has 0 spiro atoms. The molecule has 2 aliphatic heterocycles. The monoisotopic (exact) mass is 435 g/mol. The highest BCUT2D eigenvalue weighted by Gasteiger charge is 2.39. The van der Waals surface area contributed by atoms with Crippen LogP contribution in [0.3, 0.4) is 0 Å². The summed E-state index contributed by atoms with van der Waals surface area (Å²) >= 11 is 0. The molecule has 0 radical (unpaired) electrons. The quantitative estimate of drug-likeness (QED) is 0.676. The molecule has 6 unspecified atom stereocenters. The van der Waals surface area contributed by atoms with Gasteiger partial charge >= 0.3 is 0 Å². The fourth-order valence-corrected chi connectivity index (χ4v) is 6.12. The van der Waals surface area contributed by atoms with Crippen LogP contribution in [0, 0.1) is 5.92 Å². The predicted octanol–water partition coefficient (Wildman–Crippen LogP) is 3.61. The Balaban J connectivity index is 1.24. The number of benzene rings is 1. The van der Waals surface area contributed by atoms with Crippen molar-refractivity contribution >= 4 is 11.9 Å². The molecule has 6 atom stereocenters. The summed E-state index contributed by atoms with van der Waals surface area (Å²) in [6.45, 7) is 0. The topological polar surface area (TPSA) is 75.1 Å². The van der Waals surface area contributed by atoms with E-state index in [9.17, 15) is 5.11 Å². The molecule has 2 heterocycles. The first-order valence-corrected chi connectivity index (χ1v) is 12.2. The van der Waals surface area contributed by atoms with Crippen LogP contribution in [-0.2, 0) is 11.2 Å². The van der Waals surface area contributed by atoms with Crippen LogP contribution in [0.5, 0.6) is 5.75 Å². The Morgan fingerprint density at radius 1 is 1.16 bits per heavy atom. The number of aliphatic hydroxyl groups is 1. The van der Waals surface area contributed by atoms with E-state index in [1.54, 1.807) is 7.11 Å². The number of fused-ring (bicyclic) bond motifs is 4. The summed E-state index contributed by atoms with van der Waals surface area (Å²) in [6, 6.07) is 4.62. The zero-order chi connectivity index (χ0) is 21.7. The first kappa shape index (κ1) is 20.5. The SMILES string of the molecule is COC1N=C(C2=CC3Oc4cc5c(cc4C3CC2)C=CCC5)NC(C2CCCCC2O)N1. The molecule has 6 rings (SSSR count). The minimum absolute atomic E-state index is 0.0402. The first-order chi connectivity index (χ1) is 15.7. The van der Waals surface area contributed by atoms with E-state index in [4.69, 9.17) is 14.5 Å². The van der Waals surface area contributed by atoms with Gasteiger partial charge in [0.1, 0.15) is 17.7 Å². The Bertz CT molecular complexity index is 985. The van der Waals surface area contributed by atoms with Crippen LogP contribution in [0.25, 0.3) is 6.08 Å². The van der Waals surface area contributed by atoms with Gasteiger partial charge in [0.25, 0.3) is 0 Å². The second kappa shape index (κ2) is 8.32. The first-order valence-electron chi connectivity index (χ1n) is 12.2. The zero-order valence-electron chi connectivity index (χ0n) is 18.7. The number of rotatable bonds is 3. The Hall–Kier alpha value is -2.15. The van der Waals surface area contributed by atoms with Crippen LogP contribution in [0.2, 0.25) is 0 Å². The molecule has 1 fully saturated rings. The number of aliphatic hydroxyl groups excluding tert-OH is 1. The van der Waals surface area contributed by atoms with E-state index in [-0.39, 0.29) is 24.3 Å². The van der Waals surface area contributed by atoms with E-state index in [1.165, 1.54) is 22.3 Å². The van der Waals surface area contributed by atoms with Crippen LogP contribution in [-0.4, -0.2) is 42.8 Å². The third-order valence-electron chi connectivity index (χ3n) is 7.90. The van der Waals surface area contributed by atoms with Crippen molar-refractivity contribution in [3.8, 4) is 5.75 Å². The summed E-state index contributed by atoms with van der Waals surface area (Å²) in [5.74, 6) is 2.52. The molecular weight excluding hydrogens is 402 g/mol. The van der Waals surface area contributed by atoms with Crippen LogP contribution in [0.4, 0.5) is 0 Å². The maximum absolute atomic E-state index is 10.6. The molecule has 0 saturated heterocycles. The molecule has 0 amide bonds. The van der Waals surface area contributed by atoms with Crippen molar-refractivity contribution in [3.05, 3.63) is 46.5 Å². The Morgan fingerprint density at radius 2 is 2.06 bits per heavy atom. The highest BCUT2D eigenvalue weighted by Crippen LogP contribution is 2.46. The Kier molecular flexibility index (Phi) is 5.32. The molecular formula is C26H33N3O3. The summed E-state index contributed by atoms with van der Waals surface area (Å²) in [7, 11) is 1.68. The van der Waals surface area contributed by atoms with E-state index in [1.807, 2.05) is 0 Å². The van der Waals surface area contributed by atoms with Gasteiger partial charge in [-0.2, -0.15) is 0 Å². The summed E-state index contributed by atoms with van der Waals surface area (Å²) in [4.78, 5) is 4.78. The van der Waals surface area contributed by atoms with Gasteiger partial charge < -0.3 is 19.9 Å². The van der Waals surface area contributed by atoms with Crippen molar-refractivity contribution in [3.63, 3.8) is 0 Å². The molecule has 0 bridgehead atoms. The summed E-state index contributed by atoms with van der Waals surface area (Å²) in [5, 5.41) is 17.6. The fraction of sp³-hybridized carbons (Fsp3) is 0.577. The van der Waals surface area contributed by atoms with Gasteiger partial charge in [0.2, 0.25) is 6.35 Å². The van der Waals surface area contributed by atoms with E-state index >= 15 is 0 Å². The number of aliphatic imine (C=N–C) groups is 1. The molecule has 170 valence electrons. The number of nitrogens with zero attached hydrogens (tertiary/aromatic N) is 1. The Morgan fingerprint density at radius 3 is 2.94 bits per heavy atom. The molecule has 5 aliphatic rings. The molecule has 3 aliphatic carbocycles. The Labute approximate surface area is 189 Å². The smallest absolute Gasteiger partial charge is 0.207 e. The van der Waals surface area contributed by atoms with Gasteiger partial charge in [-0.05, 0) is 73.4 Å². The number of aryl methyl sites for hydroxylation is 1. The van der Waals surface area contributed by atoms with Gasteiger partial charge in [0, 0.05) is 24.5 Å². The van der Waals surface area contributed by atoms with Gasteiger partial charge in [0.15, 0.2) is 0 Å². The molecule has 1 aromatic carbocycles. The number of amidine groups is 1. The minimum atomic E-state index is -0.399. The third kappa shape index (κ3) is 3.58. The van der Waals surface area contributed by atoms with Crippen LogP contribution < -0.4 is 15.4 Å². The standard InChI is InChI=1S/C26H33N3O3/c1-31-26-28-24(27-25(29-26)19-8-4-5-9-21(19)30)17-10-11-18-20-12-15-6-2-3-7-16(15)13-23(20)32-22(18)14-17/h2,6,12-14,18-19,21-22,25-26,29-30H,3-5,7-11H2,1H3,(H,27,28). The lowest BCUT2D eigenvalue weighted by molar-refractivity contribution is 0.00579. The zero-order valence-corrected chi connectivity index (χ0v) is 18.7. The van der Waals surface area contributed by atoms with Crippen molar-refractivity contribution in [1.29, 1.82) is 0 Å². The van der Waals surface area contributed by atoms with Crippen LogP contribution in [0.15, 0.2) is 34.9 Å². The number of allylic oxidation sites excluding steroid dienone is 1. The number of hydrogen-bond acceptors (Lipinski definition) is 6. The highest BCUT2D eigenvalue weighted by atomic mass is 16.5. The molecule has 0 aromatic heterocycles. The second-order valence-electron chi connectivity index (χ2n) is 9.82. The number of nitrogens with one attached hydrogen (secondary N) is 2. The molecule has 32 heavy (non-hydrogen) atoms. The number of methoxy groups -OCH3 is 1. The summed E-state index contributed by atoms with van der Waals surface area (Å²) in [5.41, 5.74) is 5.31. The normalized spacial score (nSPS) is 35.6. The van der Waals surface area contributed by atoms with Crippen molar-refractivity contribution in [2.75, 3.05) is 7.11 Å². The van der Waals surface area contributed by atoms with Gasteiger partial charge in [-0.3, -0.25) is 5.32 Å². The molecule has 1 saturated carbocycles. The predicted molar refractivity (Wildman–Crippen MR) is 125 cm³/mol. The maximum Gasteiger partial charge on any atom is 0.207 e. The van der Waals surface area contributed by atoms with Gasteiger partial charge in [-0.15, -0.1) is 0 Å². The average molecular weight is 436 g/mol. The molecule has 6 nitrogen and oxygen atoms in total. The van der Waals surface area contributed by atoms with E-state index in [0.29, 0.717) is 5.92 Å². The highest BCUT2D eigenvalue weighted by molar-refractivity contribution is 5.99. The van der Waals surface area contributed by atoms with Gasteiger partial charge in [-0.25, -0.2) is 4.99 Å².